The van der Waals surface area contributed by atoms with Gasteiger partial charge in [-0.15, -0.1) is 0 Å². The largest absolute Gasteiger partial charge is 0.490 e. The fraction of sp³-hybridized carbons (Fsp3) is 0.391. The van der Waals surface area contributed by atoms with Crippen LogP contribution < -0.4 is 14.2 Å². The van der Waals surface area contributed by atoms with Crippen molar-refractivity contribution in [2.45, 2.75) is 34.6 Å². The van der Waals surface area contributed by atoms with Gasteiger partial charge < -0.3 is 18.9 Å². The van der Waals surface area contributed by atoms with Crippen molar-refractivity contribution in [2.24, 2.45) is 0 Å². The van der Waals surface area contributed by atoms with Crippen LogP contribution in [0.25, 0.3) is 0 Å². The van der Waals surface area contributed by atoms with Crippen LogP contribution in [-0.2, 0) is 4.74 Å². The Labute approximate surface area is 171 Å². The van der Waals surface area contributed by atoms with Crippen molar-refractivity contribution in [1.82, 2.24) is 0 Å². The summed E-state index contributed by atoms with van der Waals surface area (Å²) in [6, 6.07) is 8.61. The van der Waals surface area contributed by atoms with Crippen molar-refractivity contribution >= 4 is 11.8 Å². The summed E-state index contributed by atoms with van der Waals surface area (Å²) in [4.78, 5) is 25.0. The molecule has 0 amide bonds. The van der Waals surface area contributed by atoms with E-state index >= 15 is 0 Å². The fourth-order valence-electron chi connectivity index (χ4n) is 2.93. The summed E-state index contributed by atoms with van der Waals surface area (Å²) >= 11 is 0. The van der Waals surface area contributed by atoms with Gasteiger partial charge >= 0.3 is 5.97 Å². The Bertz CT molecular complexity index is 845. The third-order valence-electron chi connectivity index (χ3n) is 4.16. The van der Waals surface area contributed by atoms with Gasteiger partial charge in [-0.05, 0) is 52.3 Å². The molecule has 0 heterocycles. The standard InChI is InChI=1S/C23H28O6/c1-6-26-20-12-17(13-21(27-7-2)22(20)28-8-3)23(25)29-14-19(24)18-10-9-15(4)11-16(18)5/h9-13H,6-8,14H2,1-5H3. The molecule has 0 aliphatic heterocycles. The Kier molecular flexibility index (Phi) is 8.07. The number of rotatable bonds is 10. The number of Topliss-reactive ketones (excluding diaryl/α,β-unsaturated/α-hetero) is 1. The third-order valence-corrected chi connectivity index (χ3v) is 4.16. The molecule has 0 atom stereocenters. The topological polar surface area (TPSA) is 71.1 Å². The van der Waals surface area contributed by atoms with Gasteiger partial charge in [0.2, 0.25) is 11.5 Å². The van der Waals surface area contributed by atoms with E-state index in [1.807, 2.05) is 46.8 Å². The maximum atomic E-state index is 12.6. The average Bonchev–Trinajstić information content (AvgIpc) is 2.68. The van der Waals surface area contributed by atoms with Crippen molar-refractivity contribution in [3.63, 3.8) is 0 Å². The molecule has 156 valence electrons. The monoisotopic (exact) mass is 400 g/mol. The minimum atomic E-state index is -0.631. The number of hydrogen-bond acceptors (Lipinski definition) is 6. The van der Waals surface area contributed by atoms with E-state index in [1.165, 1.54) is 0 Å². The van der Waals surface area contributed by atoms with Crippen LogP contribution in [-0.4, -0.2) is 38.2 Å². The molecule has 0 aliphatic carbocycles. The molecule has 0 N–H and O–H groups in total. The summed E-state index contributed by atoms with van der Waals surface area (Å²) in [6.07, 6.45) is 0. The van der Waals surface area contributed by atoms with E-state index in [-0.39, 0.29) is 18.0 Å². The molecule has 0 unspecified atom stereocenters. The van der Waals surface area contributed by atoms with Gasteiger partial charge in [-0.1, -0.05) is 23.8 Å². The molecule has 2 aromatic rings. The van der Waals surface area contributed by atoms with Gasteiger partial charge in [0.15, 0.2) is 18.1 Å². The van der Waals surface area contributed by atoms with Crippen LogP contribution in [0.15, 0.2) is 30.3 Å². The lowest BCUT2D eigenvalue weighted by Crippen LogP contribution is -2.15. The zero-order chi connectivity index (χ0) is 21.4. The summed E-state index contributed by atoms with van der Waals surface area (Å²) in [7, 11) is 0. The predicted octanol–water partition coefficient (Wildman–Crippen LogP) is 4.54. The number of ether oxygens (including phenoxy) is 4. The van der Waals surface area contributed by atoms with E-state index in [1.54, 1.807) is 18.2 Å². The van der Waals surface area contributed by atoms with Crippen LogP contribution in [0.4, 0.5) is 0 Å². The van der Waals surface area contributed by atoms with E-state index in [4.69, 9.17) is 18.9 Å². The van der Waals surface area contributed by atoms with Gasteiger partial charge in [0.25, 0.3) is 0 Å². The van der Waals surface area contributed by atoms with Crippen molar-refractivity contribution < 1.29 is 28.5 Å². The average molecular weight is 400 g/mol. The summed E-state index contributed by atoms with van der Waals surface area (Å²) in [5.41, 5.74) is 2.69. The second-order valence-electron chi connectivity index (χ2n) is 6.42. The van der Waals surface area contributed by atoms with E-state index < -0.39 is 5.97 Å². The van der Waals surface area contributed by atoms with Gasteiger partial charge in [-0.3, -0.25) is 4.79 Å². The number of aryl methyl sites for hydroxylation is 2. The first-order valence-corrected chi connectivity index (χ1v) is 9.75. The summed E-state index contributed by atoms with van der Waals surface area (Å²) in [6.45, 7) is 10.2. The maximum Gasteiger partial charge on any atom is 0.338 e. The first kappa shape index (κ1) is 22.3. The lowest BCUT2D eigenvalue weighted by Gasteiger charge is -2.16. The second-order valence-corrected chi connectivity index (χ2v) is 6.42. The minimum absolute atomic E-state index is 0.230. The van der Waals surface area contributed by atoms with Crippen molar-refractivity contribution in [3.8, 4) is 17.2 Å². The highest BCUT2D eigenvalue weighted by atomic mass is 16.5. The summed E-state index contributed by atoms with van der Waals surface area (Å²) in [5, 5.41) is 0. The molecular formula is C23H28O6. The Balaban J connectivity index is 2.21. The van der Waals surface area contributed by atoms with Gasteiger partial charge in [0.1, 0.15) is 0 Å². The molecule has 0 radical (unpaired) electrons. The zero-order valence-electron chi connectivity index (χ0n) is 17.7. The lowest BCUT2D eigenvalue weighted by molar-refractivity contribution is 0.0473. The summed E-state index contributed by atoms with van der Waals surface area (Å²) in [5.74, 6) is 0.352. The van der Waals surface area contributed by atoms with Crippen molar-refractivity contribution in [1.29, 1.82) is 0 Å². The third kappa shape index (κ3) is 5.73. The molecule has 0 spiro atoms. The zero-order valence-corrected chi connectivity index (χ0v) is 17.7. The van der Waals surface area contributed by atoms with Gasteiger partial charge in [-0.25, -0.2) is 4.79 Å². The van der Waals surface area contributed by atoms with E-state index in [2.05, 4.69) is 0 Å². The number of esters is 1. The Morgan fingerprint density at radius 2 is 1.41 bits per heavy atom. The first-order chi connectivity index (χ1) is 13.9. The number of benzene rings is 2. The summed E-state index contributed by atoms with van der Waals surface area (Å²) < 4.78 is 22.1. The number of carbonyl (C=O) groups excluding carboxylic acids is 2. The van der Waals surface area contributed by atoms with Crippen LogP contribution in [0.5, 0.6) is 17.2 Å². The maximum absolute atomic E-state index is 12.6. The highest BCUT2D eigenvalue weighted by Crippen LogP contribution is 2.39. The highest BCUT2D eigenvalue weighted by Gasteiger charge is 2.20. The molecule has 0 aliphatic rings. The van der Waals surface area contributed by atoms with Crippen LogP contribution in [0, 0.1) is 13.8 Å². The van der Waals surface area contributed by atoms with Crippen LogP contribution >= 0.6 is 0 Å². The molecule has 0 bridgehead atoms. The van der Waals surface area contributed by atoms with Gasteiger partial charge in [-0.2, -0.15) is 0 Å². The highest BCUT2D eigenvalue weighted by molar-refractivity contribution is 6.00. The van der Waals surface area contributed by atoms with Crippen LogP contribution in [0.2, 0.25) is 0 Å². The Morgan fingerprint density at radius 3 is 1.93 bits per heavy atom. The predicted molar refractivity (Wildman–Crippen MR) is 110 cm³/mol. The number of hydrogen-bond donors (Lipinski definition) is 0. The van der Waals surface area contributed by atoms with E-state index in [9.17, 15) is 9.59 Å². The smallest absolute Gasteiger partial charge is 0.338 e. The number of carbonyl (C=O) groups is 2. The lowest BCUT2D eigenvalue weighted by atomic mass is 10.0. The first-order valence-electron chi connectivity index (χ1n) is 9.75. The normalized spacial score (nSPS) is 10.4. The van der Waals surface area contributed by atoms with Crippen LogP contribution in [0.3, 0.4) is 0 Å². The molecule has 6 nitrogen and oxygen atoms in total. The molecule has 2 rings (SSSR count). The van der Waals surface area contributed by atoms with Crippen molar-refractivity contribution in [3.05, 3.63) is 52.6 Å². The Hall–Kier alpha value is -3.02. The fourth-order valence-corrected chi connectivity index (χ4v) is 2.93. The van der Waals surface area contributed by atoms with E-state index in [0.717, 1.165) is 11.1 Å². The molecule has 0 saturated heterocycles. The molecule has 0 saturated carbocycles. The quantitative estimate of drug-likeness (QED) is 0.431. The molecule has 6 heteroatoms. The Morgan fingerprint density at radius 1 is 0.828 bits per heavy atom. The molecule has 29 heavy (non-hydrogen) atoms. The van der Waals surface area contributed by atoms with E-state index in [0.29, 0.717) is 42.6 Å². The number of ketones is 1. The van der Waals surface area contributed by atoms with Gasteiger partial charge in [0.05, 0.1) is 25.4 Å². The molecule has 0 aromatic heterocycles. The second kappa shape index (κ2) is 10.5. The minimum Gasteiger partial charge on any atom is -0.490 e. The molecule has 2 aromatic carbocycles. The van der Waals surface area contributed by atoms with Crippen LogP contribution in [0.1, 0.15) is 52.6 Å². The SMILES string of the molecule is CCOc1cc(C(=O)OCC(=O)c2ccc(C)cc2C)cc(OCC)c1OCC. The van der Waals surface area contributed by atoms with Crippen molar-refractivity contribution in [2.75, 3.05) is 26.4 Å². The molecular weight excluding hydrogens is 372 g/mol. The van der Waals surface area contributed by atoms with Gasteiger partial charge in [0, 0.05) is 5.56 Å². The molecule has 0 fully saturated rings.